The number of carboxylic acid groups (broad SMARTS) is 1. The van der Waals surface area contributed by atoms with Gasteiger partial charge in [-0.15, -0.1) is 0 Å². The van der Waals surface area contributed by atoms with E-state index in [1.165, 1.54) is 4.90 Å². The lowest BCUT2D eigenvalue weighted by Gasteiger charge is -2.43. The Hall–Kier alpha value is -2.70. The van der Waals surface area contributed by atoms with Gasteiger partial charge in [0.2, 0.25) is 0 Å². The van der Waals surface area contributed by atoms with Crippen LogP contribution in [0.25, 0.3) is 10.9 Å². The third kappa shape index (κ3) is 2.06. The highest BCUT2D eigenvalue weighted by Crippen LogP contribution is 2.31. The van der Waals surface area contributed by atoms with E-state index in [0.717, 1.165) is 11.1 Å². The summed E-state index contributed by atoms with van der Waals surface area (Å²) in [5, 5.41) is 9.80. The van der Waals surface area contributed by atoms with E-state index in [1.807, 2.05) is 24.1 Å². The van der Waals surface area contributed by atoms with Crippen LogP contribution in [0.5, 0.6) is 0 Å². The van der Waals surface area contributed by atoms with Crippen LogP contribution in [0.2, 0.25) is 0 Å². The zero-order valence-electron chi connectivity index (χ0n) is 11.5. The molecule has 0 saturated carbocycles. The number of nitrogens with zero attached hydrogens (tertiary/aromatic N) is 2. The molecule has 0 radical (unpaired) electrons. The average molecular weight is 288 g/mol. The van der Waals surface area contributed by atoms with Crippen LogP contribution in [-0.2, 0) is 0 Å². The number of fused-ring (bicyclic) bond motifs is 1. The number of H-pyrrole nitrogens is 1. The number of carbonyl (C=O) groups is 2. The standard InChI is InChI=1S/C14H16N4O3/c1-17(8-6-18(7-8)14(20)21)11-3-2-10(13(15)19)12-9(11)4-5-16-12/h2-5,8,16H,6-7H2,1H3,(H2,15,19)(H,20,21). The second kappa shape index (κ2) is 4.69. The van der Waals surface area contributed by atoms with E-state index in [9.17, 15) is 9.59 Å². The first-order valence-electron chi connectivity index (χ1n) is 6.59. The van der Waals surface area contributed by atoms with Crippen LogP contribution >= 0.6 is 0 Å². The Balaban J connectivity index is 1.91. The van der Waals surface area contributed by atoms with Gasteiger partial charge in [-0.3, -0.25) is 4.79 Å². The lowest BCUT2D eigenvalue weighted by Crippen LogP contribution is -2.60. The number of hydrogen-bond donors (Lipinski definition) is 3. The molecular formula is C14H16N4O3. The molecular weight excluding hydrogens is 272 g/mol. The fourth-order valence-corrected chi connectivity index (χ4v) is 2.71. The van der Waals surface area contributed by atoms with Gasteiger partial charge in [0, 0.05) is 37.4 Å². The van der Waals surface area contributed by atoms with Crippen LogP contribution < -0.4 is 10.6 Å². The van der Waals surface area contributed by atoms with Crippen molar-refractivity contribution in [2.24, 2.45) is 5.73 Å². The van der Waals surface area contributed by atoms with Gasteiger partial charge in [-0.05, 0) is 18.2 Å². The molecule has 7 nitrogen and oxygen atoms in total. The molecule has 0 atom stereocenters. The number of amides is 2. The molecule has 1 fully saturated rings. The fraction of sp³-hybridized carbons (Fsp3) is 0.286. The second-order valence-electron chi connectivity index (χ2n) is 5.22. The molecule has 1 aromatic carbocycles. The summed E-state index contributed by atoms with van der Waals surface area (Å²) in [5.41, 5.74) is 7.48. The lowest BCUT2D eigenvalue weighted by atomic mass is 10.0. The predicted molar refractivity (Wildman–Crippen MR) is 78.6 cm³/mol. The van der Waals surface area contributed by atoms with E-state index in [2.05, 4.69) is 4.98 Å². The van der Waals surface area contributed by atoms with Crippen LogP contribution in [0, 0.1) is 0 Å². The minimum Gasteiger partial charge on any atom is -0.465 e. The van der Waals surface area contributed by atoms with Gasteiger partial charge < -0.3 is 25.6 Å². The summed E-state index contributed by atoms with van der Waals surface area (Å²) < 4.78 is 0. The van der Waals surface area contributed by atoms with Crippen molar-refractivity contribution in [3.63, 3.8) is 0 Å². The number of carbonyl (C=O) groups excluding carboxylic acids is 1. The lowest BCUT2D eigenvalue weighted by molar-refractivity contribution is 0.1000. The number of aromatic nitrogens is 1. The van der Waals surface area contributed by atoms with E-state index in [0.29, 0.717) is 24.2 Å². The van der Waals surface area contributed by atoms with Gasteiger partial charge in [0.1, 0.15) is 0 Å². The molecule has 0 unspecified atom stereocenters. The summed E-state index contributed by atoms with van der Waals surface area (Å²) in [5.74, 6) is -0.475. The Bertz CT molecular complexity index is 718. The molecule has 2 heterocycles. The van der Waals surface area contributed by atoms with Crippen molar-refractivity contribution in [3.8, 4) is 0 Å². The van der Waals surface area contributed by atoms with E-state index < -0.39 is 12.0 Å². The van der Waals surface area contributed by atoms with Gasteiger partial charge in [-0.25, -0.2) is 4.79 Å². The molecule has 110 valence electrons. The van der Waals surface area contributed by atoms with Crippen molar-refractivity contribution in [3.05, 3.63) is 30.0 Å². The van der Waals surface area contributed by atoms with Crippen LogP contribution in [0.15, 0.2) is 24.4 Å². The van der Waals surface area contributed by atoms with Crippen molar-refractivity contribution in [2.75, 3.05) is 25.0 Å². The molecule has 1 aromatic heterocycles. The summed E-state index contributed by atoms with van der Waals surface area (Å²) in [6.45, 7) is 0.963. The number of nitrogens with two attached hydrogens (primary N) is 1. The average Bonchev–Trinajstić information content (AvgIpc) is 2.83. The smallest absolute Gasteiger partial charge is 0.407 e. The maximum atomic E-state index is 11.4. The van der Waals surface area contributed by atoms with Gasteiger partial charge in [-0.1, -0.05) is 0 Å². The minimum absolute atomic E-state index is 0.138. The maximum absolute atomic E-state index is 11.4. The molecule has 3 rings (SSSR count). The number of anilines is 1. The maximum Gasteiger partial charge on any atom is 0.407 e. The molecule has 0 spiro atoms. The Morgan fingerprint density at radius 3 is 2.71 bits per heavy atom. The second-order valence-corrected chi connectivity index (χ2v) is 5.22. The number of likely N-dealkylation sites (N-methyl/N-ethyl adjacent to an activating group) is 1. The van der Waals surface area contributed by atoms with Crippen molar-refractivity contribution in [2.45, 2.75) is 6.04 Å². The SMILES string of the molecule is CN(c1ccc(C(N)=O)c2[nH]ccc12)C1CN(C(=O)O)C1. The summed E-state index contributed by atoms with van der Waals surface area (Å²) in [7, 11) is 1.93. The number of hydrogen-bond acceptors (Lipinski definition) is 3. The summed E-state index contributed by atoms with van der Waals surface area (Å²) in [6.07, 6.45) is 0.870. The first kappa shape index (κ1) is 13.3. The summed E-state index contributed by atoms with van der Waals surface area (Å²) >= 11 is 0. The zero-order chi connectivity index (χ0) is 15.1. The molecule has 4 N–H and O–H groups in total. The first-order valence-corrected chi connectivity index (χ1v) is 6.59. The van der Waals surface area contributed by atoms with Crippen molar-refractivity contribution in [1.82, 2.24) is 9.88 Å². The molecule has 1 aliphatic heterocycles. The van der Waals surface area contributed by atoms with Crippen molar-refractivity contribution >= 4 is 28.6 Å². The van der Waals surface area contributed by atoms with E-state index in [1.54, 1.807) is 12.3 Å². The first-order chi connectivity index (χ1) is 9.99. The highest BCUT2D eigenvalue weighted by Gasteiger charge is 2.34. The Labute approximate surface area is 120 Å². The van der Waals surface area contributed by atoms with Crippen molar-refractivity contribution < 1.29 is 14.7 Å². The summed E-state index contributed by atoms with van der Waals surface area (Å²) in [6, 6.07) is 5.57. The normalized spacial score (nSPS) is 15.0. The van der Waals surface area contributed by atoms with Crippen molar-refractivity contribution in [1.29, 1.82) is 0 Å². The third-order valence-corrected chi connectivity index (χ3v) is 4.03. The van der Waals surface area contributed by atoms with E-state index in [4.69, 9.17) is 10.8 Å². The monoisotopic (exact) mass is 288 g/mol. The minimum atomic E-state index is -0.893. The van der Waals surface area contributed by atoms with Gasteiger partial charge in [0.25, 0.3) is 5.91 Å². The third-order valence-electron chi connectivity index (χ3n) is 4.03. The fourth-order valence-electron chi connectivity index (χ4n) is 2.71. The number of nitrogens with one attached hydrogen (secondary N) is 1. The van der Waals surface area contributed by atoms with Gasteiger partial charge >= 0.3 is 6.09 Å². The number of likely N-dealkylation sites (tertiary alicyclic amines) is 1. The molecule has 0 bridgehead atoms. The number of rotatable bonds is 3. The molecule has 2 amide bonds. The molecule has 7 heteroatoms. The van der Waals surface area contributed by atoms with E-state index in [-0.39, 0.29) is 6.04 Å². The Kier molecular flexibility index (Phi) is 2.97. The van der Waals surface area contributed by atoms with Crippen LogP contribution in [0.4, 0.5) is 10.5 Å². The van der Waals surface area contributed by atoms with Gasteiger partial charge in [-0.2, -0.15) is 0 Å². The Morgan fingerprint density at radius 2 is 2.10 bits per heavy atom. The molecule has 21 heavy (non-hydrogen) atoms. The van der Waals surface area contributed by atoms with Gasteiger partial charge in [0.15, 0.2) is 0 Å². The number of primary amides is 1. The molecule has 1 aliphatic rings. The van der Waals surface area contributed by atoms with Gasteiger partial charge in [0.05, 0.1) is 17.1 Å². The largest absolute Gasteiger partial charge is 0.465 e. The topological polar surface area (TPSA) is 103 Å². The molecule has 2 aromatic rings. The highest BCUT2D eigenvalue weighted by molar-refractivity contribution is 6.08. The van der Waals surface area contributed by atoms with Crippen LogP contribution in [0.3, 0.4) is 0 Å². The molecule has 0 aliphatic carbocycles. The number of benzene rings is 1. The highest BCUT2D eigenvalue weighted by atomic mass is 16.4. The zero-order valence-corrected chi connectivity index (χ0v) is 11.5. The molecule has 1 saturated heterocycles. The number of aromatic amines is 1. The summed E-state index contributed by atoms with van der Waals surface area (Å²) in [4.78, 5) is 28.7. The van der Waals surface area contributed by atoms with E-state index >= 15 is 0 Å². The predicted octanol–water partition coefficient (Wildman–Crippen LogP) is 1.07. The Morgan fingerprint density at radius 1 is 1.38 bits per heavy atom. The van der Waals surface area contributed by atoms with Crippen LogP contribution in [-0.4, -0.2) is 53.2 Å². The van der Waals surface area contributed by atoms with Crippen LogP contribution in [0.1, 0.15) is 10.4 Å². The quantitative estimate of drug-likeness (QED) is 0.786.